The lowest BCUT2D eigenvalue weighted by Crippen LogP contribution is -2.43. The Morgan fingerprint density at radius 1 is 1.16 bits per heavy atom. The van der Waals surface area contributed by atoms with Crippen LogP contribution in [0.2, 0.25) is 0 Å². The fourth-order valence-electron chi connectivity index (χ4n) is 6.31. The molecule has 1 aliphatic carbocycles. The van der Waals surface area contributed by atoms with Crippen LogP contribution in [-0.2, 0) is 34.4 Å². The van der Waals surface area contributed by atoms with Crippen molar-refractivity contribution in [3.8, 4) is 5.75 Å². The highest BCUT2D eigenvalue weighted by atomic mass is 31.2. The Morgan fingerprint density at radius 2 is 1.84 bits per heavy atom. The molecule has 5 N–H and O–H groups in total. The molecule has 2 aliphatic rings. The SMILES string of the molecule is CN=C[C@@]1(c2ccc3c(N)ncnn23)O[C@H](COP(=O)(N[C@@H](C)C(=O)OC2CCCCCCC2)Oc2ccc(C(C)(C)C)cc2)[C@@H](O)[C@H]1O. The summed E-state index contributed by atoms with van der Waals surface area (Å²) in [6, 6.07) is 9.32. The van der Waals surface area contributed by atoms with Crippen molar-refractivity contribution >= 4 is 31.3 Å². The summed E-state index contributed by atoms with van der Waals surface area (Å²) in [7, 11) is -2.84. The van der Waals surface area contributed by atoms with E-state index >= 15 is 0 Å². The molecule has 1 saturated heterocycles. The number of fused-ring (bicyclic) bond motifs is 1. The number of hydrogen-bond acceptors (Lipinski definition) is 12. The van der Waals surface area contributed by atoms with E-state index in [0.717, 1.165) is 44.1 Å². The minimum absolute atomic E-state index is 0.125. The summed E-state index contributed by atoms with van der Waals surface area (Å²) in [5.74, 6) is -0.130. The van der Waals surface area contributed by atoms with Gasteiger partial charge in [0.05, 0.1) is 12.3 Å². The number of esters is 1. The van der Waals surface area contributed by atoms with Gasteiger partial charge in [0.2, 0.25) is 0 Å². The van der Waals surface area contributed by atoms with E-state index in [1.54, 1.807) is 24.3 Å². The zero-order valence-corrected chi connectivity index (χ0v) is 29.7. The number of nitrogen functional groups attached to an aromatic ring is 1. The minimum Gasteiger partial charge on any atom is -0.461 e. The molecule has 15 heteroatoms. The quantitative estimate of drug-likeness (QED) is 0.125. The van der Waals surface area contributed by atoms with Crippen molar-refractivity contribution in [1.29, 1.82) is 0 Å². The van der Waals surface area contributed by atoms with Gasteiger partial charge in [0, 0.05) is 13.3 Å². The molecule has 0 amide bonds. The standard InChI is InChI=1S/C34H49N6O8P/c1-22(32(43)46-24-11-9-7-6-8-10-12-24)39-49(44,48-25-15-13-23(14-16-25)33(2,3)4)45-19-27-29(41)30(42)34(47-27,20-36-5)28-18-17-26-31(35)37-21-38-40(26)28/h13-18,20-22,24,27,29-30,41-42H,6-12,19H2,1-5H3,(H,39,44)(H2,35,37,38)/t22-,27+,29+,30+,34-,49?/m0/s1. The van der Waals surface area contributed by atoms with Crippen molar-refractivity contribution in [2.75, 3.05) is 19.4 Å². The molecule has 0 radical (unpaired) electrons. The molecular formula is C34H49N6O8P. The van der Waals surface area contributed by atoms with Gasteiger partial charge < -0.3 is 29.9 Å². The number of aromatic nitrogens is 3. The molecule has 6 atom stereocenters. The van der Waals surface area contributed by atoms with Crippen molar-refractivity contribution < 1.29 is 38.1 Å². The van der Waals surface area contributed by atoms with Gasteiger partial charge in [-0.25, -0.2) is 14.1 Å². The molecule has 0 bridgehead atoms. The molecule has 1 saturated carbocycles. The molecule has 1 aromatic carbocycles. The Morgan fingerprint density at radius 3 is 2.49 bits per heavy atom. The van der Waals surface area contributed by atoms with Crippen LogP contribution in [0.15, 0.2) is 47.7 Å². The summed E-state index contributed by atoms with van der Waals surface area (Å²) < 4.78 is 39.8. The number of aliphatic hydroxyl groups excluding tert-OH is 2. The number of hydrogen-bond donors (Lipinski definition) is 4. The number of aliphatic imine (C=N–C) groups is 1. The van der Waals surface area contributed by atoms with Crippen molar-refractivity contribution in [2.24, 2.45) is 4.99 Å². The van der Waals surface area contributed by atoms with Crippen LogP contribution in [0.4, 0.5) is 5.82 Å². The Labute approximate surface area is 287 Å². The number of aliphatic hydroxyl groups is 2. The first-order valence-electron chi connectivity index (χ1n) is 16.9. The Kier molecular flexibility index (Phi) is 11.5. The van der Waals surface area contributed by atoms with Gasteiger partial charge in [0.15, 0.2) is 11.4 Å². The maximum Gasteiger partial charge on any atom is 0.459 e. The van der Waals surface area contributed by atoms with Gasteiger partial charge in [0.1, 0.15) is 48.1 Å². The third-order valence-electron chi connectivity index (χ3n) is 9.09. The summed E-state index contributed by atoms with van der Waals surface area (Å²) >= 11 is 0. The van der Waals surface area contributed by atoms with Gasteiger partial charge in [-0.1, -0.05) is 52.2 Å². The third-order valence-corrected chi connectivity index (χ3v) is 10.7. The third kappa shape index (κ3) is 8.33. The number of carbonyl (C=O) groups excluding carboxylic acids is 1. The number of nitrogens with zero attached hydrogens (tertiary/aromatic N) is 4. The molecule has 5 rings (SSSR count). The van der Waals surface area contributed by atoms with Crippen molar-refractivity contribution in [3.05, 3.63) is 54.0 Å². The van der Waals surface area contributed by atoms with Crippen molar-refractivity contribution in [2.45, 2.75) is 114 Å². The summed E-state index contributed by atoms with van der Waals surface area (Å²) in [4.78, 5) is 21.3. The second-order valence-corrected chi connectivity index (χ2v) is 15.5. The number of nitrogens with two attached hydrogens (primary N) is 1. The molecule has 14 nitrogen and oxygen atoms in total. The second-order valence-electron chi connectivity index (χ2n) is 13.8. The van der Waals surface area contributed by atoms with Gasteiger partial charge in [-0.3, -0.25) is 14.3 Å². The molecule has 1 aliphatic heterocycles. The van der Waals surface area contributed by atoms with Crippen LogP contribution in [0.5, 0.6) is 5.75 Å². The van der Waals surface area contributed by atoms with E-state index in [9.17, 15) is 19.6 Å². The van der Waals surface area contributed by atoms with E-state index < -0.39 is 50.3 Å². The van der Waals surface area contributed by atoms with Crippen LogP contribution in [0.3, 0.4) is 0 Å². The van der Waals surface area contributed by atoms with Crippen LogP contribution in [0, 0.1) is 0 Å². The zero-order chi connectivity index (χ0) is 35.4. The normalized spacial score (nSPS) is 25.9. The minimum atomic E-state index is -4.34. The maximum atomic E-state index is 14.4. The number of ether oxygens (including phenoxy) is 2. The summed E-state index contributed by atoms with van der Waals surface area (Å²) in [5, 5.41) is 29.6. The number of nitrogens with one attached hydrogen (secondary N) is 1. The van der Waals surface area contributed by atoms with E-state index in [2.05, 4.69) is 40.9 Å². The lowest BCUT2D eigenvalue weighted by atomic mass is 9.87. The lowest BCUT2D eigenvalue weighted by Gasteiger charge is -2.28. The monoisotopic (exact) mass is 700 g/mol. The van der Waals surface area contributed by atoms with Crippen LogP contribution >= 0.6 is 7.75 Å². The highest BCUT2D eigenvalue weighted by Crippen LogP contribution is 2.47. The Bertz CT molecular complexity index is 1650. The molecule has 2 aromatic heterocycles. The number of anilines is 1. The average Bonchev–Trinajstić information content (AvgIpc) is 3.58. The molecule has 0 spiro atoms. The average molecular weight is 701 g/mol. The van der Waals surface area contributed by atoms with Gasteiger partial charge in [-0.15, -0.1) is 0 Å². The van der Waals surface area contributed by atoms with E-state index in [0.29, 0.717) is 11.2 Å². The molecule has 3 aromatic rings. The van der Waals surface area contributed by atoms with E-state index in [1.165, 1.54) is 37.4 Å². The molecule has 3 heterocycles. The number of carbonyl (C=O) groups is 1. The van der Waals surface area contributed by atoms with Crippen LogP contribution in [-0.4, -0.2) is 81.1 Å². The van der Waals surface area contributed by atoms with E-state index in [4.69, 9.17) is 24.3 Å². The fourth-order valence-corrected chi connectivity index (χ4v) is 7.82. The highest BCUT2D eigenvalue weighted by Gasteiger charge is 2.56. The number of rotatable bonds is 11. The molecule has 268 valence electrons. The Hall–Kier alpha value is -3.39. The zero-order valence-electron chi connectivity index (χ0n) is 28.8. The second kappa shape index (κ2) is 15.2. The first-order valence-corrected chi connectivity index (χ1v) is 18.4. The molecular weight excluding hydrogens is 651 g/mol. The topological polar surface area (TPSA) is 192 Å². The summed E-state index contributed by atoms with van der Waals surface area (Å²) in [6.07, 6.45) is 5.05. The maximum absolute atomic E-state index is 14.4. The van der Waals surface area contributed by atoms with E-state index in [1.807, 2.05) is 12.1 Å². The van der Waals surface area contributed by atoms with Gasteiger partial charge in [-0.2, -0.15) is 10.2 Å². The largest absolute Gasteiger partial charge is 0.461 e. The van der Waals surface area contributed by atoms with Gasteiger partial charge in [0.25, 0.3) is 0 Å². The smallest absolute Gasteiger partial charge is 0.459 e. The van der Waals surface area contributed by atoms with E-state index in [-0.39, 0.29) is 23.1 Å². The summed E-state index contributed by atoms with van der Waals surface area (Å²) in [5.41, 5.74) is 6.06. The lowest BCUT2D eigenvalue weighted by molar-refractivity contribution is -0.151. The van der Waals surface area contributed by atoms with Crippen molar-refractivity contribution in [3.63, 3.8) is 0 Å². The van der Waals surface area contributed by atoms with Crippen molar-refractivity contribution in [1.82, 2.24) is 19.7 Å². The number of benzene rings is 1. The molecule has 2 fully saturated rings. The van der Waals surface area contributed by atoms with Crippen LogP contribution in [0.25, 0.3) is 5.52 Å². The van der Waals surface area contributed by atoms with Gasteiger partial charge in [-0.05, 0) is 67.9 Å². The predicted molar refractivity (Wildman–Crippen MR) is 185 cm³/mol. The predicted octanol–water partition coefficient (Wildman–Crippen LogP) is 4.46. The molecule has 1 unspecified atom stereocenters. The fraction of sp³-hybridized carbons (Fsp3) is 0.588. The van der Waals surface area contributed by atoms with Crippen LogP contribution < -0.4 is 15.3 Å². The van der Waals surface area contributed by atoms with Crippen LogP contribution in [0.1, 0.15) is 83.9 Å². The highest BCUT2D eigenvalue weighted by molar-refractivity contribution is 7.52. The molecule has 49 heavy (non-hydrogen) atoms. The summed E-state index contributed by atoms with van der Waals surface area (Å²) in [6.45, 7) is 7.26. The van der Waals surface area contributed by atoms with Gasteiger partial charge >= 0.3 is 13.7 Å². The first-order chi connectivity index (χ1) is 23.3. The first kappa shape index (κ1) is 36.9. The Balaban J connectivity index is 1.37.